The summed E-state index contributed by atoms with van der Waals surface area (Å²) in [5.74, 6) is 0.606. The summed E-state index contributed by atoms with van der Waals surface area (Å²) in [6.07, 6.45) is 3.27. The van der Waals surface area contributed by atoms with Crippen molar-refractivity contribution in [2.75, 3.05) is 39.3 Å². The van der Waals surface area contributed by atoms with Crippen molar-refractivity contribution in [1.29, 1.82) is 0 Å². The van der Waals surface area contributed by atoms with E-state index >= 15 is 0 Å². The van der Waals surface area contributed by atoms with Crippen LogP contribution in [-0.4, -0.2) is 72.2 Å². The molecule has 0 spiro atoms. The lowest BCUT2D eigenvalue weighted by molar-refractivity contribution is -0.124. The molecule has 3 aliphatic heterocycles. The Labute approximate surface area is 143 Å². The van der Waals surface area contributed by atoms with Crippen molar-refractivity contribution in [3.63, 3.8) is 0 Å². The Hall–Kier alpha value is -1.40. The maximum absolute atomic E-state index is 12.1. The summed E-state index contributed by atoms with van der Waals surface area (Å²) >= 11 is 0. The van der Waals surface area contributed by atoms with Gasteiger partial charge >= 0.3 is 0 Å². The van der Waals surface area contributed by atoms with Crippen molar-refractivity contribution in [2.45, 2.75) is 51.4 Å². The highest BCUT2D eigenvalue weighted by atomic mass is 16.1. The molecule has 0 aromatic heterocycles. The molecular weight excluding hydrogens is 308 g/mol. The first-order valence-corrected chi connectivity index (χ1v) is 9.04. The summed E-state index contributed by atoms with van der Waals surface area (Å²) in [6, 6.07) is 0. The third-order valence-electron chi connectivity index (χ3n) is 4.92. The smallest absolute Gasteiger partial charge is 0.135 e. The van der Waals surface area contributed by atoms with Gasteiger partial charge in [0.2, 0.25) is 0 Å². The fourth-order valence-electron chi connectivity index (χ4n) is 3.15. The standard InChI is InChI=1S/C18H28N2O4/c21-15-1-2-16(22)4-10-20-13-7-17(23)5-11-19(9-3-15)12-6-18(24)8-14-20/h1-14H2. The summed E-state index contributed by atoms with van der Waals surface area (Å²) in [5, 5.41) is 0. The van der Waals surface area contributed by atoms with Gasteiger partial charge in [0.25, 0.3) is 0 Å². The van der Waals surface area contributed by atoms with Gasteiger partial charge in [-0.15, -0.1) is 0 Å². The second-order valence-electron chi connectivity index (χ2n) is 6.84. The molecule has 24 heavy (non-hydrogen) atoms. The van der Waals surface area contributed by atoms with Crippen LogP contribution in [0.4, 0.5) is 0 Å². The van der Waals surface area contributed by atoms with Crippen molar-refractivity contribution in [1.82, 2.24) is 9.80 Å². The summed E-state index contributed by atoms with van der Waals surface area (Å²) in [6.45, 7) is 3.58. The number of carbonyl (C=O) groups is 4. The van der Waals surface area contributed by atoms with Gasteiger partial charge in [-0.3, -0.25) is 19.2 Å². The third kappa shape index (κ3) is 7.01. The van der Waals surface area contributed by atoms with Crippen molar-refractivity contribution in [3.05, 3.63) is 0 Å². The molecule has 3 fully saturated rings. The molecule has 0 amide bonds. The number of fused-ring (bicyclic) bond motifs is 15. The lowest BCUT2D eigenvalue weighted by Gasteiger charge is -2.24. The van der Waals surface area contributed by atoms with E-state index in [1.165, 1.54) is 0 Å². The Morgan fingerprint density at radius 3 is 0.833 bits per heavy atom. The summed E-state index contributed by atoms with van der Waals surface area (Å²) in [4.78, 5) is 52.2. The van der Waals surface area contributed by atoms with Gasteiger partial charge in [0.15, 0.2) is 0 Å². The molecule has 0 atom stereocenters. The second kappa shape index (κ2) is 9.79. The van der Waals surface area contributed by atoms with Crippen LogP contribution in [0.5, 0.6) is 0 Å². The molecule has 0 N–H and O–H groups in total. The molecule has 0 aromatic carbocycles. The largest absolute Gasteiger partial charge is 0.302 e. The average Bonchev–Trinajstić information content (AvgIpc) is 2.57. The Balaban J connectivity index is 2.12. The van der Waals surface area contributed by atoms with Gasteiger partial charge in [-0.1, -0.05) is 0 Å². The Morgan fingerprint density at radius 2 is 0.583 bits per heavy atom. The molecule has 0 aliphatic carbocycles. The van der Waals surface area contributed by atoms with Crippen LogP contribution >= 0.6 is 0 Å². The quantitative estimate of drug-likeness (QED) is 0.657. The lowest BCUT2D eigenvalue weighted by Crippen LogP contribution is -2.34. The zero-order chi connectivity index (χ0) is 17.4. The van der Waals surface area contributed by atoms with Crippen LogP contribution in [0.3, 0.4) is 0 Å². The summed E-state index contributed by atoms with van der Waals surface area (Å²) in [5.41, 5.74) is 0. The van der Waals surface area contributed by atoms with Gasteiger partial charge in [0, 0.05) is 90.6 Å². The number of ketones is 4. The molecule has 0 aromatic rings. The van der Waals surface area contributed by atoms with Crippen LogP contribution in [0, 0.1) is 0 Å². The first kappa shape index (κ1) is 18.9. The van der Waals surface area contributed by atoms with E-state index < -0.39 is 0 Å². The highest BCUT2D eigenvalue weighted by molar-refractivity contribution is 5.86. The minimum Gasteiger partial charge on any atom is -0.302 e. The zero-order valence-electron chi connectivity index (χ0n) is 14.4. The first-order chi connectivity index (χ1) is 11.5. The van der Waals surface area contributed by atoms with Gasteiger partial charge < -0.3 is 9.80 Å². The van der Waals surface area contributed by atoms with Crippen molar-refractivity contribution >= 4 is 23.1 Å². The van der Waals surface area contributed by atoms with E-state index in [1.54, 1.807) is 0 Å². The predicted octanol–water partition coefficient (Wildman–Crippen LogP) is 1.01. The maximum atomic E-state index is 12.1. The molecule has 0 radical (unpaired) electrons. The van der Waals surface area contributed by atoms with E-state index in [0.29, 0.717) is 90.6 Å². The molecule has 0 unspecified atom stereocenters. The second-order valence-corrected chi connectivity index (χ2v) is 6.84. The summed E-state index contributed by atoms with van der Waals surface area (Å²) in [7, 11) is 0. The molecule has 3 aliphatic rings. The van der Waals surface area contributed by atoms with Crippen molar-refractivity contribution in [3.8, 4) is 0 Å². The minimum absolute atomic E-state index is 0.0904. The lowest BCUT2D eigenvalue weighted by atomic mass is 10.1. The van der Waals surface area contributed by atoms with Gasteiger partial charge in [-0.25, -0.2) is 0 Å². The van der Waals surface area contributed by atoms with Gasteiger partial charge in [0.1, 0.15) is 23.1 Å². The number of nitrogens with zero attached hydrogens (tertiary/aromatic N) is 2. The SMILES string of the molecule is O=C1CCC(=O)CCN2CCC(=O)CCN(CC1)CCC(=O)CC2. The number of hydrogen-bond acceptors (Lipinski definition) is 6. The molecule has 3 saturated heterocycles. The van der Waals surface area contributed by atoms with Gasteiger partial charge in [-0.2, -0.15) is 0 Å². The Bertz CT molecular complexity index is 425. The highest BCUT2D eigenvalue weighted by Gasteiger charge is 2.18. The summed E-state index contributed by atoms with van der Waals surface area (Å²) < 4.78 is 0. The normalized spacial score (nSPS) is 29.3. The zero-order valence-corrected chi connectivity index (χ0v) is 14.4. The van der Waals surface area contributed by atoms with E-state index in [1.807, 2.05) is 0 Å². The van der Waals surface area contributed by atoms with E-state index in [9.17, 15) is 19.2 Å². The number of Topliss-reactive ketones (excluding diaryl/α,β-unsaturated/α-hetero) is 4. The number of hydrogen-bond donors (Lipinski definition) is 0. The molecule has 6 heteroatoms. The molecule has 6 nitrogen and oxygen atoms in total. The van der Waals surface area contributed by atoms with Gasteiger partial charge in [-0.05, 0) is 0 Å². The van der Waals surface area contributed by atoms with Crippen LogP contribution in [0.15, 0.2) is 0 Å². The minimum atomic E-state index is 0.0904. The maximum Gasteiger partial charge on any atom is 0.135 e. The van der Waals surface area contributed by atoms with Gasteiger partial charge in [0.05, 0.1) is 0 Å². The van der Waals surface area contributed by atoms with Crippen LogP contribution in [-0.2, 0) is 19.2 Å². The monoisotopic (exact) mass is 336 g/mol. The van der Waals surface area contributed by atoms with E-state index in [4.69, 9.17) is 0 Å². The van der Waals surface area contributed by atoms with Crippen molar-refractivity contribution < 1.29 is 19.2 Å². The molecule has 3 rings (SSSR count). The average molecular weight is 336 g/mol. The van der Waals surface area contributed by atoms with Crippen LogP contribution in [0.2, 0.25) is 0 Å². The molecule has 3 heterocycles. The Kier molecular flexibility index (Phi) is 7.72. The molecule has 2 bridgehead atoms. The van der Waals surface area contributed by atoms with E-state index in [2.05, 4.69) is 9.80 Å². The van der Waals surface area contributed by atoms with E-state index in [0.717, 1.165) is 0 Å². The van der Waals surface area contributed by atoms with Crippen LogP contribution < -0.4 is 0 Å². The highest BCUT2D eigenvalue weighted by Crippen LogP contribution is 2.09. The Morgan fingerprint density at radius 1 is 0.375 bits per heavy atom. The van der Waals surface area contributed by atoms with Crippen molar-refractivity contribution in [2.24, 2.45) is 0 Å². The topological polar surface area (TPSA) is 74.8 Å². The molecule has 0 saturated carbocycles. The van der Waals surface area contributed by atoms with Crippen LogP contribution in [0.25, 0.3) is 0 Å². The number of carbonyl (C=O) groups excluding carboxylic acids is 4. The van der Waals surface area contributed by atoms with E-state index in [-0.39, 0.29) is 23.1 Å². The fraction of sp³-hybridized carbons (Fsp3) is 0.778. The predicted molar refractivity (Wildman–Crippen MR) is 89.8 cm³/mol. The van der Waals surface area contributed by atoms with Crippen LogP contribution in [0.1, 0.15) is 51.4 Å². The number of rotatable bonds is 0. The molecule has 134 valence electrons. The fourth-order valence-corrected chi connectivity index (χ4v) is 3.15. The first-order valence-electron chi connectivity index (χ1n) is 9.04. The molecular formula is C18H28N2O4. The third-order valence-corrected chi connectivity index (χ3v) is 4.92.